The van der Waals surface area contributed by atoms with E-state index >= 15 is 0 Å². The monoisotopic (exact) mass is 281 g/mol. The molecule has 4 nitrogen and oxygen atoms in total. The largest absolute Gasteiger partial charge is 0.481 e. The second-order valence-corrected chi connectivity index (χ2v) is 4.45. The number of carbonyl (C=O) groups excluding carboxylic acids is 1. The zero-order chi connectivity index (χ0) is 14.3. The van der Waals surface area contributed by atoms with Gasteiger partial charge in [-0.15, -0.1) is 0 Å². The summed E-state index contributed by atoms with van der Waals surface area (Å²) < 4.78 is 0. The second kappa shape index (κ2) is 7.59. The van der Waals surface area contributed by atoms with Gasteiger partial charge in [0.25, 0.3) is 0 Å². The molecule has 0 saturated carbocycles. The number of carbonyl (C=O) groups is 2. The number of halogens is 1. The zero-order valence-electron chi connectivity index (χ0n) is 10.6. The minimum Gasteiger partial charge on any atom is -0.481 e. The van der Waals surface area contributed by atoms with E-state index in [2.05, 4.69) is 5.32 Å². The highest BCUT2D eigenvalue weighted by Crippen LogP contribution is 2.15. The molecular formula is C14H16ClNO3. The number of carboxylic acid groups (broad SMARTS) is 1. The number of hydrogen-bond acceptors (Lipinski definition) is 2. The molecule has 0 aliphatic rings. The Labute approximate surface area is 117 Å². The molecule has 0 aliphatic heterocycles. The molecule has 0 bridgehead atoms. The summed E-state index contributed by atoms with van der Waals surface area (Å²) in [7, 11) is 0. The molecule has 0 radical (unpaired) electrons. The predicted molar refractivity (Wildman–Crippen MR) is 74.9 cm³/mol. The average Bonchev–Trinajstić information content (AvgIpc) is 2.38. The second-order valence-electron chi connectivity index (χ2n) is 4.04. The highest BCUT2D eigenvalue weighted by atomic mass is 35.5. The molecule has 1 aromatic rings. The first-order valence-corrected chi connectivity index (χ1v) is 6.35. The number of benzene rings is 1. The van der Waals surface area contributed by atoms with Crippen molar-refractivity contribution in [2.45, 2.75) is 13.3 Å². The van der Waals surface area contributed by atoms with Crippen molar-refractivity contribution in [2.75, 3.05) is 6.54 Å². The molecule has 0 fully saturated rings. The summed E-state index contributed by atoms with van der Waals surface area (Å²) in [6.07, 6.45) is 3.42. The highest BCUT2D eigenvalue weighted by Gasteiger charge is 2.14. The maximum atomic E-state index is 11.5. The van der Waals surface area contributed by atoms with Crippen LogP contribution in [0.5, 0.6) is 0 Å². The minimum atomic E-state index is -0.905. The van der Waals surface area contributed by atoms with Gasteiger partial charge in [0.05, 0.1) is 5.92 Å². The number of aliphatic carboxylic acids is 1. The van der Waals surface area contributed by atoms with Crippen molar-refractivity contribution in [2.24, 2.45) is 5.92 Å². The molecule has 1 aromatic carbocycles. The number of rotatable bonds is 6. The normalized spacial score (nSPS) is 12.3. The molecule has 1 amide bonds. The van der Waals surface area contributed by atoms with E-state index in [-0.39, 0.29) is 12.5 Å². The Balaban J connectivity index is 2.52. The number of amides is 1. The van der Waals surface area contributed by atoms with Gasteiger partial charge in [-0.2, -0.15) is 0 Å². The third-order valence-corrected chi connectivity index (χ3v) is 3.03. The van der Waals surface area contributed by atoms with Crippen molar-refractivity contribution in [3.05, 3.63) is 40.9 Å². The van der Waals surface area contributed by atoms with Crippen LogP contribution in [0.1, 0.15) is 18.9 Å². The van der Waals surface area contributed by atoms with Crippen LogP contribution in [-0.4, -0.2) is 23.5 Å². The molecule has 1 unspecified atom stereocenters. The number of carboxylic acids is 1. The Hall–Kier alpha value is -1.81. The molecule has 19 heavy (non-hydrogen) atoms. The van der Waals surface area contributed by atoms with Crippen LogP contribution in [0, 0.1) is 5.92 Å². The van der Waals surface area contributed by atoms with E-state index in [9.17, 15) is 9.59 Å². The van der Waals surface area contributed by atoms with Crippen LogP contribution in [0.15, 0.2) is 30.3 Å². The Morgan fingerprint density at radius 3 is 2.68 bits per heavy atom. The fraction of sp³-hybridized carbons (Fsp3) is 0.286. The smallest absolute Gasteiger partial charge is 0.308 e. The lowest BCUT2D eigenvalue weighted by Crippen LogP contribution is -2.31. The summed E-state index contributed by atoms with van der Waals surface area (Å²) in [5.41, 5.74) is 0.740. The number of nitrogens with one attached hydrogen (secondary N) is 1. The molecule has 1 rings (SSSR count). The summed E-state index contributed by atoms with van der Waals surface area (Å²) in [5.74, 6) is -1.80. The van der Waals surface area contributed by atoms with Gasteiger partial charge >= 0.3 is 5.97 Å². The standard InChI is InChI=1S/C14H16ClNO3/c1-2-10(14(18)19)9-16-13(17)8-7-11-5-3-4-6-12(11)15/h3-8,10H,2,9H2,1H3,(H,16,17)(H,18,19). The maximum Gasteiger partial charge on any atom is 0.308 e. The summed E-state index contributed by atoms with van der Waals surface area (Å²) >= 11 is 5.94. The molecule has 0 saturated heterocycles. The lowest BCUT2D eigenvalue weighted by molar-refractivity contribution is -0.141. The first kappa shape index (κ1) is 15.2. The minimum absolute atomic E-state index is 0.123. The van der Waals surface area contributed by atoms with Crippen molar-refractivity contribution < 1.29 is 14.7 Å². The van der Waals surface area contributed by atoms with Gasteiger partial charge in [-0.3, -0.25) is 9.59 Å². The average molecular weight is 282 g/mol. The molecule has 0 aromatic heterocycles. The highest BCUT2D eigenvalue weighted by molar-refractivity contribution is 6.32. The van der Waals surface area contributed by atoms with Crippen LogP contribution in [0.2, 0.25) is 5.02 Å². The lowest BCUT2D eigenvalue weighted by Gasteiger charge is -2.09. The van der Waals surface area contributed by atoms with Gasteiger partial charge in [0.2, 0.25) is 5.91 Å². The Bertz CT molecular complexity index is 485. The van der Waals surface area contributed by atoms with E-state index in [0.717, 1.165) is 5.56 Å². The predicted octanol–water partition coefficient (Wildman–Crippen LogP) is 2.58. The topological polar surface area (TPSA) is 66.4 Å². The molecule has 0 heterocycles. The van der Waals surface area contributed by atoms with Crippen LogP contribution in [0.3, 0.4) is 0 Å². The molecule has 0 aliphatic carbocycles. The molecule has 1 atom stereocenters. The number of hydrogen-bond donors (Lipinski definition) is 2. The van der Waals surface area contributed by atoms with Crippen LogP contribution >= 0.6 is 11.6 Å². The van der Waals surface area contributed by atoms with Gasteiger partial charge in [0.1, 0.15) is 0 Å². The summed E-state index contributed by atoms with van der Waals surface area (Å²) in [6.45, 7) is 1.89. The van der Waals surface area contributed by atoms with Gasteiger partial charge < -0.3 is 10.4 Å². The van der Waals surface area contributed by atoms with Gasteiger partial charge in [-0.05, 0) is 24.1 Å². The first-order chi connectivity index (χ1) is 9.04. The fourth-order valence-corrected chi connectivity index (χ4v) is 1.66. The van der Waals surface area contributed by atoms with E-state index in [1.54, 1.807) is 31.2 Å². The van der Waals surface area contributed by atoms with Gasteiger partial charge in [0, 0.05) is 17.6 Å². The van der Waals surface area contributed by atoms with E-state index < -0.39 is 11.9 Å². The van der Waals surface area contributed by atoms with Gasteiger partial charge in [-0.1, -0.05) is 36.7 Å². The fourth-order valence-electron chi connectivity index (χ4n) is 1.46. The zero-order valence-corrected chi connectivity index (χ0v) is 11.4. The Morgan fingerprint density at radius 1 is 1.42 bits per heavy atom. The SMILES string of the molecule is CCC(CNC(=O)C=Cc1ccccc1Cl)C(=O)O. The summed E-state index contributed by atoms with van der Waals surface area (Å²) in [6, 6.07) is 7.15. The van der Waals surface area contributed by atoms with Crippen molar-refractivity contribution >= 4 is 29.6 Å². The van der Waals surface area contributed by atoms with Crippen LogP contribution < -0.4 is 5.32 Å². The van der Waals surface area contributed by atoms with E-state index in [1.807, 2.05) is 6.07 Å². The molecule has 0 spiro atoms. The van der Waals surface area contributed by atoms with E-state index in [0.29, 0.717) is 11.4 Å². The lowest BCUT2D eigenvalue weighted by atomic mass is 10.1. The quantitative estimate of drug-likeness (QED) is 0.788. The van der Waals surface area contributed by atoms with Crippen LogP contribution in [0.4, 0.5) is 0 Å². The Kier molecular flexibility index (Phi) is 6.09. The molecular weight excluding hydrogens is 266 g/mol. The van der Waals surface area contributed by atoms with Gasteiger partial charge in [-0.25, -0.2) is 0 Å². The third kappa shape index (κ3) is 5.14. The maximum absolute atomic E-state index is 11.5. The first-order valence-electron chi connectivity index (χ1n) is 5.97. The van der Waals surface area contributed by atoms with E-state index in [4.69, 9.17) is 16.7 Å². The van der Waals surface area contributed by atoms with Crippen molar-refractivity contribution in [3.8, 4) is 0 Å². The molecule has 2 N–H and O–H groups in total. The van der Waals surface area contributed by atoms with Crippen LogP contribution in [-0.2, 0) is 9.59 Å². The van der Waals surface area contributed by atoms with Crippen molar-refractivity contribution in [1.82, 2.24) is 5.32 Å². The summed E-state index contributed by atoms with van der Waals surface area (Å²) in [4.78, 5) is 22.3. The van der Waals surface area contributed by atoms with Gasteiger partial charge in [0.15, 0.2) is 0 Å². The molecule has 5 heteroatoms. The van der Waals surface area contributed by atoms with Crippen molar-refractivity contribution in [3.63, 3.8) is 0 Å². The summed E-state index contributed by atoms with van der Waals surface area (Å²) in [5, 5.41) is 12.0. The Morgan fingerprint density at radius 2 is 2.11 bits per heavy atom. The van der Waals surface area contributed by atoms with Crippen LogP contribution in [0.25, 0.3) is 6.08 Å². The molecule has 102 valence electrons. The van der Waals surface area contributed by atoms with Crippen molar-refractivity contribution in [1.29, 1.82) is 0 Å². The third-order valence-electron chi connectivity index (χ3n) is 2.68. The van der Waals surface area contributed by atoms with E-state index in [1.165, 1.54) is 6.08 Å².